The zero-order chi connectivity index (χ0) is 20.3. The van der Waals surface area contributed by atoms with Gasteiger partial charge in [0.15, 0.2) is 0 Å². The average Bonchev–Trinajstić information content (AvgIpc) is 2.74. The first-order chi connectivity index (χ1) is 14.0. The molecule has 3 aromatic rings. The second kappa shape index (κ2) is 7.89. The van der Waals surface area contributed by atoms with Crippen LogP contribution < -0.4 is 10.0 Å². The smallest absolute Gasteiger partial charge is 0.258 e. The van der Waals surface area contributed by atoms with E-state index in [-0.39, 0.29) is 5.91 Å². The van der Waals surface area contributed by atoms with E-state index < -0.39 is 10.0 Å². The molecule has 0 unspecified atom stereocenters. The van der Waals surface area contributed by atoms with Crippen molar-refractivity contribution < 1.29 is 13.2 Å². The Morgan fingerprint density at radius 3 is 2.52 bits per heavy atom. The molecule has 0 spiro atoms. The number of pyridine rings is 1. The Morgan fingerprint density at radius 1 is 0.897 bits per heavy atom. The molecule has 0 saturated heterocycles. The SMILES string of the molecule is O=C(Nc1ccncc1)c1cccc(NS(=O)(=O)C2=Cc3ccccc3CC2)c1. The van der Waals surface area contributed by atoms with E-state index in [0.29, 0.717) is 34.7 Å². The van der Waals surface area contributed by atoms with Crippen molar-refractivity contribution in [2.75, 3.05) is 10.0 Å². The van der Waals surface area contributed by atoms with Crippen LogP contribution in [0.3, 0.4) is 0 Å². The molecule has 2 N–H and O–H groups in total. The number of fused-ring (bicyclic) bond motifs is 1. The van der Waals surface area contributed by atoms with Crippen LogP contribution in [-0.4, -0.2) is 19.3 Å². The summed E-state index contributed by atoms with van der Waals surface area (Å²) >= 11 is 0. The summed E-state index contributed by atoms with van der Waals surface area (Å²) in [4.78, 5) is 16.7. The van der Waals surface area contributed by atoms with Crippen molar-refractivity contribution in [1.29, 1.82) is 0 Å². The molecule has 7 heteroatoms. The minimum atomic E-state index is -3.71. The van der Waals surface area contributed by atoms with Gasteiger partial charge in [0.2, 0.25) is 0 Å². The molecular weight excluding hydrogens is 386 g/mol. The summed E-state index contributed by atoms with van der Waals surface area (Å²) in [5, 5.41) is 2.76. The molecule has 1 aromatic heterocycles. The van der Waals surface area contributed by atoms with Gasteiger partial charge in [-0.05, 0) is 60.4 Å². The van der Waals surface area contributed by atoms with Crippen molar-refractivity contribution in [2.24, 2.45) is 0 Å². The molecule has 1 amide bonds. The highest BCUT2D eigenvalue weighted by Crippen LogP contribution is 2.28. The number of nitrogens with zero attached hydrogens (tertiary/aromatic N) is 1. The fourth-order valence-corrected chi connectivity index (χ4v) is 4.42. The summed E-state index contributed by atoms with van der Waals surface area (Å²) in [5.41, 5.74) is 3.37. The van der Waals surface area contributed by atoms with E-state index >= 15 is 0 Å². The number of allylic oxidation sites excluding steroid dienone is 1. The minimum absolute atomic E-state index is 0.331. The third-order valence-electron chi connectivity index (χ3n) is 4.67. The predicted octanol–water partition coefficient (Wildman–Crippen LogP) is 4.06. The largest absolute Gasteiger partial charge is 0.322 e. The third kappa shape index (κ3) is 4.35. The Morgan fingerprint density at radius 2 is 1.69 bits per heavy atom. The lowest BCUT2D eigenvalue weighted by atomic mass is 9.98. The van der Waals surface area contributed by atoms with Crippen molar-refractivity contribution in [2.45, 2.75) is 12.8 Å². The molecule has 0 radical (unpaired) electrons. The number of aromatic nitrogens is 1. The quantitative estimate of drug-likeness (QED) is 0.670. The van der Waals surface area contributed by atoms with E-state index in [0.717, 1.165) is 11.1 Å². The Kier molecular flexibility index (Phi) is 5.14. The first-order valence-corrected chi connectivity index (χ1v) is 10.6. The van der Waals surface area contributed by atoms with Crippen LogP contribution in [0, 0.1) is 0 Å². The van der Waals surface area contributed by atoms with Gasteiger partial charge in [-0.3, -0.25) is 14.5 Å². The number of hydrogen-bond donors (Lipinski definition) is 2. The average molecular weight is 405 g/mol. The minimum Gasteiger partial charge on any atom is -0.322 e. The Bertz CT molecular complexity index is 1190. The predicted molar refractivity (Wildman–Crippen MR) is 114 cm³/mol. The number of amides is 1. The maximum atomic E-state index is 12.9. The van der Waals surface area contributed by atoms with Crippen LogP contribution in [-0.2, 0) is 16.4 Å². The molecule has 0 atom stereocenters. The lowest BCUT2D eigenvalue weighted by molar-refractivity contribution is 0.102. The Balaban J connectivity index is 1.53. The zero-order valence-corrected chi connectivity index (χ0v) is 16.3. The van der Waals surface area contributed by atoms with Gasteiger partial charge in [0.05, 0.1) is 4.91 Å². The lowest BCUT2D eigenvalue weighted by Crippen LogP contribution is -2.18. The molecule has 29 heavy (non-hydrogen) atoms. The van der Waals surface area contributed by atoms with E-state index in [1.165, 1.54) is 6.07 Å². The number of aryl methyl sites for hydroxylation is 1. The molecule has 0 aliphatic heterocycles. The van der Waals surface area contributed by atoms with E-state index in [9.17, 15) is 13.2 Å². The second-order valence-corrected chi connectivity index (χ2v) is 8.42. The molecule has 0 bridgehead atoms. The standard InChI is InChI=1S/C22H19N3O3S/c26-22(24-19-10-12-23-13-11-19)18-6-3-7-20(14-18)25-29(27,28)21-9-8-16-4-1-2-5-17(16)15-21/h1-7,10-15,25H,8-9H2,(H,23,24,26). The molecule has 1 heterocycles. The Hall–Kier alpha value is -3.45. The van der Waals surface area contributed by atoms with Crippen LogP contribution in [0.5, 0.6) is 0 Å². The number of benzene rings is 2. The highest BCUT2D eigenvalue weighted by atomic mass is 32.2. The van der Waals surface area contributed by atoms with Crippen molar-refractivity contribution >= 4 is 33.4 Å². The summed E-state index contributed by atoms with van der Waals surface area (Å²) in [6, 6.07) is 17.5. The molecule has 0 fully saturated rings. The van der Waals surface area contributed by atoms with Gasteiger partial charge >= 0.3 is 0 Å². The molecule has 1 aliphatic carbocycles. The highest BCUT2D eigenvalue weighted by molar-refractivity contribution is 7.96. The number of carbonyl (C=O) groups is 1. The molecule has 0 saturated carbocycles. The topological polar surface area (TPSA) is 88.2 Å². The summed E-state index contributed by atoms with van der Waals surface area (Å²) in [7, 11) is -3.71. The molecule has 1 aliphatic rings. The maximum Gasteiger partial charge on any atom is 0.258 e. The van der Waals surface area contributed by atoms with Crippen LogP contribution >= 0.6 is 0 Å². The fraction of sp³-hybridized carbons (Fsp3) is 0.0909. The van der Waals surface area contributed by atoms with Gasteiger partial charge in [0.25, 0.3) is 15.9 Å². The van der Waals surface area contributed by atoms with Crippen molar-refractivity contribution in [3.8, 4) is 0 Å². The lowest BCUT2D eigenvalue weighted by Gasteiger charge is -2.17. The summed E-state index contributed by atoms with van der Waals surface area (Å²) in [6.07, 6.45) is 5.99. The van der Waals surface area contributed by atoms with E-state index in [2.05, 4.69) is 15.0 Å². The highest BCUT2D eigenvalue weighted by Gasteiger charge is 2.22. The molecular formula is C22H19N3O3S. The molecule has 2 aromatic carbocycles. The monoisotopic (exact) mass is 405 g/mol. The van der Waals surface area contributed by atoms with Crippen LogP contribution in [0.4, 0.5) is 11.4 Å². The van der Waals surface area contributed by atoms with Crippen LogP contribution in [0.15, 0.2) is 78.0 Å². The van der Waals surface area contributed by atoms with Crippen molar-refractivity contribution in [3.63, 3.8) is 0 Å². The van der Waals surface area contributed by atoms with Gasteiger partial charge in [0, 0.05) is 29.3 Å². The zero-order valence-electron chi connectivity index (χ0n) is 15.5. The summed E-state index contributed by atoms with van der Waals surface area (Å²) < 4.78 is 28.3. The van der Waals surface area contributed by atoms with Gasteiger partial charge in [-0.15, -0.1) is 0 Å². The first-order valence-electron chi connectivity index (χ1n) is 9.14. The summed E-state index contributed by atoms with van der Waals surface area (Å²) in [5.74, 6) is -0.331. The van der Waals surface area contributed by atoms with Gasteiger partial charge < -0.3 is 5.32 Å². The maximum absolute atomic E-state index is 12.9. The van der Waals surface area contributed by atoms with Gasteiger partial charge in [0.1, 0.15) is 0 Å². The van der Waals surface area contributed by atoms with Gasteiger partial charge in [-0.1, -0.05) is 30.3 Å². The van der Waals surface area contributed by atoms with Crippen LogP contribution in [0.1, 0.15) is 27.9 Å². The number of nitrogens with one attached hydrogen (secondary N) is 2. The van der Waals surface area contributed by atoms with E-state index in [4.69, 9.17) is 0 Å². The van der Waals surface area contributed by atoms with Crippen LogP contribution in [0.25, 0.3) is 6.08 Å². The second-order valence-electron chi connectivity index (χ2n) is 6.69. The number of anilines is 2. The number of rotatable bonds is 5. The number of carbonyl (C=O) groups excluding carboxylic acids is 1. The van der Waals surface area contributed by atoms with Gasteiger partial charge in [-0.25, -0.2) is 8.42 Å². The molecule has 6 nitrogen and oxygen atoms in total. The molecule has 4 rings (SSSR count). The Labute approximate surface area is 169 Å². The molecule has 146 valence electrons. The normalized spacial score (nSPS) is 13.2. The first kappa shape index (κ1) is 18.9. The summed E-state index contributed by atoms with van der Waals surface area (Å²) in [6.45, 7) is 0. The van der Waals surface area contributed by atoms with Crippen LogP contribution in [0.2, 0.25) is 0 Å². The number of sulfonamides is 1. The number of hydrogen-bond acceptors (Lipinski definition) is 4. The van der Waals surface area contributed by atoms with Crippen molar-refractivity contribution in [3.05, 3.63) is 94.7 Å². The van der Waals surface area contributed by atoms with Gasteiger partial charge in [-0.2, -0.15) is 0 Å². The van der Waals surface area contributed by atoms with Crippen molar-refractivity contribution in [1.82, 2.24) is 4.98 Å². The fourth-order valence-electron chi connectivity index (χ4n) is 3.20. The third-order valence-corrected chi connectivity index (χ3v) is 6.19. The van der Waals surface area contributed by atoms with E-state index in [1.54, 1.807) is 48.8 Å². The van der Waals surface area contributed by atoms with E-state index in [1.807, 2.05) is 24.3 Å².